The Kier molecular flexibility index (Phi) is 6.07. The average Bonchev–Trinajstić information content (AvgIpc) is 3.25. The van der Waals surface area contributed by atoms with Crippen molar-refractivity contribution in [1.82, 2.24) is 4.90 Å². The molecule has 1 N–H and O–H groups in total. The Hall–Kier alpha value is -3.49. The van der Waals surface area contributed by atoms with Crippen LogP contribution >= 0.6 is 0 Å². The van der Waals surface area contributed by atoms with Gasteiger partial charge in [0.1, 0.15) is 0 Å². The maximum atomic E-state index is 12.6. The minimum atomic E-state index is -4.39. The highest BCUT2D eigenvalue weighted by Gasteiger charge is 2.30. The molecule has 1 fully saturated rings. The molecule has 0 bridgehead atoms. The van der Waals surface area contributed by atoms with Crippen LogP contribution in [0.25, 0.3) is 6.08 Å². The van der Waals surface area contributed by atoms with Crippen LogP contribution in [0.2, 0.25) is 0 Å². The van der Waals surface area contributed by atoms with Crippen molar-refractivity contribution >= 4 is 23.6 Å². The van der Waals surface area contributed by atoms with Gasteiger partial charge in [0.25, 0.3) is 0 Å². The van der Waals surface area contributed by atoms with Crippen molar-refractivity contribution < 1.29 is 32.2 Å². The molecule has 0 aliphatic carbocycles. The number of anilines is 1. The summed E-state index contributed by atoms with van der Waals surface area (Å²) >= 11 is 0. The van der Waals surface area contributed by atoms with Crippen LogP contribution in [0.5, 0.6) is 11.5 Å². The van der Waals surface area contributed by atoms with E-state index in [-0.39, 0.29) is 24.5 Å². The Morgan fingerprint density at radius 1 is 1.00 bits per heavy atom. The number of benzene rings is 2. The van der Waals surface area contributed by atoms with E-state index >= 15 is 0 Å². The topological polar surface area (TPSA) is 67.9 Å². The summed E-state index contributed by atoms with van der Waals surface area (Å²) in [6.07, 6.45) is -0.513. The first-order valence-electron chi connectivity index (χ1n) is 10.1. The van der Waals surface area contributed by atoms with Gasteiger partial charge < -0.3 is 19.7 Å². The molecule has 9 heteroatoms. The van der Waals surface area contributed by atoms with Crippen LogP contribution in [0.15, 0.2) is 48.5 Å². The lowest BCUT2D eigenvalue weighted by molar-refractivity contribution is -0.137. The van der Waals surface area contributed by atoms with E-state index in [2.05, 4.69) is 5.32 Å². The third-order valence-corrected chi connectivity index (χ3v) is 5.47. The minimum absolute atomic E-state index is 0.115. The molecular weight excluding hydrogens is 425 g/mol. The van der Waals surface area contributed by atoms with Gasteiger partial charge in [-0.3, -0.25) is 9.59 Å². The lowest BCUT2D eigenvalue weighted by Gasteiger charge is -2.30. The lowest BCUT2D eigenvalue weighted by atomic mass is 9.95. The predicted octanol–water partition coefficient (Wildman–Crippen LogP) is 4.32. The molecule has 1 saturated heterocycles. The molecule has 0 aromatic heterocycles. The molecule has 32 heavy (non-hydrogen) atoms. The van der Waals surface area contributed by atoms with Crippen molar-refractivity contribution in [2.24, 2.45) is 5.92 Å². The third-order valence-electron chi connectivity index (χ3n) is 5.47. The summed E-state index contributed by atoms with van der Waals surface area (Å²) in [4.78, 5) is 26.6. The van der Waals surface area contributed by atoms with Crippen molar-refractivity contribution in [2.75, 3.05) is 25.2 Å². The maximum absolute atomic E-state index is 12.6. The Balaban J connectivity index is 1.27. The number of carbonyl (C=O) groups is 2. The van der Waals surface area contributed by atoms with Crippen LogP contribution in [-0.4, -0.2) is 36.6 Å². The van der Waals surface area contributed by atoms with Crippen molar-refractivity contribution in [3.05, 3.63) is 59.7 Å². The van der Waals surface area contributed by atoms with Crippen LogP contribution in [0.4, 0.5) is 18.9 Å². The average molecular weight is 446 g/mol. The molecule has 2 aromatic rings. The number of nitrogens with one attached hydrogen (secondary N) is 1. The van der Waals surface area contributed by atoms with Gasteiger partial charge in [0.15, 0.2) is 11.5 Å². The molecule has 2 amide bonds. The largest absolute Gasteiger partial charge is 0.454 e. The highest BCUT2D eigenvalue weighted by molar-refractivity contribution is 5.94. The van der Waals surface area contributed by atoms with Gasteiger partial charge in [0, 0.05) is 36.8 Å². The number of rotatable bonds is 4. The van der Waals surface area contributed by atoms with E-state index < -0.39 is 11.7 Å². The molecular formula is C23H21F3N2O4. The van der Waals surface area contributed by atoms with E-state index in [4.69, 9.17) is 9.47 Å². The van der Waals surface area contributed by atoms with E-state index in [9.17, 15) is 22.8 Å². The van der Waals surface area contributed by atoms with Crippen molar-refractivity contribution in [1.29, 1.82) is 0 Å². The van der Waals surface area contributed by atoms with Gasteiger partial charge >= 0.3 is 6.18 Å². The second kappa shape index (κ2) is 8.94. The van der Waals surface area contributed by atoms with Gasteiger partial charge in [-0.15, -0.1) is 0 Å². The summed E-state index contributed by atoms with van der Waals surface area (Å²) in [5.41, 5.74) is 0.392. The molecule has 168 valence electrons. The summed E-state index contributed by atoms with van der Waals surface area (Å²) in [6, 6.07) is 9.80. The minimum Gasteiger partial charge on any atom is -0.454 e. The molecule has 2 aliphatic heterocycles. The standard InChI is InChI=1S/C23H21F3N2O4/c24-23(25,26)17-4-1-15(2-5-17)3-8-21(29)28-11-9-16(10-12-28)22(30)27-18-6-7-19-20(13-18)32-14-31-19/h1-8,13,16H,9-12,14H2,(H,27,30)/b8-3+. The Morgan fingerprint density at radius 3 is 2.38 bits per heavy atom. The zero-order valence-electron chi connectivity index (χ0n) is 17.0. The fourth-order valence-corrected chi connectivity index (χ4v) is 3.64. The van der Waals surface area contributed by atoms with Gasteiger partial charge in [-0.2, -0.15) is 13.2 Å². The lowest BCUT2D eigenvalue weighted by Crippen LogP contribution is -2.40. The number of fused-ring (bicyclic) bond motifs is 1. The van der Waals surface area contributed by atoms with E-state index in [1.54, 1.807) is 23.1 Å². The molecule has 2 aliphatic rings. The fourth-order valence-electron chi connectivity index (χ4n) is 3.64. The van der Waals surface area contributed by atoms with Gasteiger partial charge in [-0.25, -0.2) is 0 Å². The predicted molar refractivity (Wildman–Crippen MR) is 111 cm³/mol. The first-order valence-corrected chi connectivity index (χ1v) is 10.1. The zero-order valence-corrected chi connectivity index (χ0v) is 17.0. The first kappa shape index (κ1) is 21.7. The first-order chi connectivity index (χ1) is 15.3. The van der Waals surface area contributed by atoms with Gasteiger partial charge in [0.05, 0.1) is 5.56 Å². The second-order valence-electron chi connectivity index (χ2n) is 7.61. The Morgan fingerprint density at radius 2 is 1.69 bits per heavy atom. The van der Waals surface area contributed by atoms with Gasteiger partial charge in [0.2, 0.25) is 18.6 Å². The number of alkyl halides is 3. The number of carbonyl (C=O) groups excluding carboxylic acids is 2. The summed E-state index contributed by atoms with van der Waals surface area (Å²) in [5, 5.41) is 2.88. The number of nitrogens with zero attached hydrogens (tertiary/aromatic N) is 1. The number of amides is 2. The number of hydrogen-bond acceptors (Lipinski definition) is 4. The molecule has 6 nitrogen and oxygen atoms in total. The quantitative estimate of drug-likeness (QED) is 0.711. The van der Waals surface area contributed by atoms with Crippen LogP contribution in [0, 0.1) is 5.92 Å². The number of ether oxygens (including phenoxy) is 2. The summed E-state index contributed by atoms with van der Waals surface area (Å²) < 4.78 is 48.4. The van der Waals surface area contributed by atoms with E-state index in [1.807, 2.05) is 0 Å². The number of halogens is 3. The molecule has 2 aromatic carbocycles. The molecule has 0 unspecified atom stereocenters. The van der Waals surface area contributed by atoms with Gasteiger partial charge in [-0.05, 0) is 48.7 Å². The molecule has 0 atom stereocenters. The monoisotopic (exact) mass is 446 g/mol. The van der Waals surface area contributed by atoms with Crippen LogP contribution in [0.1, 0.15) is 24.0 Å². The summed E-state index contributed by atoms with van der Waals surface area (Å²) in [7, 11) is 0. The zero-order chi connectivity index (χ0) is 22.7. The highest BCUT2D eigenvalue weighted by Crippen LogP contribution is 2.34. The van der Waals surface area contributed by atoms with Crippen molar-refractivity contribution in [3.63, 3.8) is 0 Å². The highest BCUT2D eigenvalue weighted by atomic mass is 19.4. The van der Waals surface area contributed by atoms with Crippen LogP contribution < -0.4 is 14.8 Å². The Bertz CT molecular complexity index is 1030. The SMILES string of the molecule is O=C(Nc1ccc2c(c1)OCO2)C1CCN(C(=O)/C=C/c2ccc(C(F)(F)F)cc2)CC1. The fraction of sp³-hybridized carbons (Fsp3) is 0.304. The van der Waals surface area contributed by atoms with Crippen molar-refractivity contribution in [3.8, 4) is 11.5 Å². The summed E-state index contributed by atoms with van der Waals surface area (Å²) in [6.45, 7) is 1.01. The third kappa shape index (κ3) is 5.04. The van der Waals surface area contributed by atoms with E-state index in [0.29, 0.717) is 48.7 Å². The molecule has 0 saturated carbocycles. The van der Waals surface area contributed by atoms with Crippen LogP contribution in [-0.2, 0) is 15.8 Å². The maximum Gasteiger partial charge on any atom is 0.416 e. The Labute approximate surface area is 182 Å². The molecule has 2 heterocycles. The number of likely N-dealkylation sites (tertiary alicyclic amines) is 1. The van der Waals surface area contributed by atoms with Gasteiger partial charge in [-0.1, -0.05) is 12.1 Å². The van der Waals surface area contributed by atoms with Crippen LogP contribution in [0.3, 0.4) is 0 Å². The molecule has 0 spiro atoms. The van der Waals surface area contributed by atoms with Crippen molar-refractivity contribution in [2.45, 2.75) is 19.0 Å². The van der Waals surface area contributed by atoms with E-state index in [1.165, 1.54) is 24.3 Å². The molecule has 4 rings (SSSR count). The smallest absolute Gasteiger partial charge is 0.416 e. The summed E-state index contributed by atoms with van der Waals surface area (Å²) in [5.74, 6) is 0.654. The second-order valence-corrected chi connectivity index (χ2v) is 7.61. The molecule has 0 radical (unpaired) electrons. The normalized spacial score (nSPS) is 16.4. The number of hydrogen-bond donors (Lipinski definition) is 1. The van der Waals surface area contributed by atoms with E-state index in [0.717, 1.165) is 12.1 Å². The number of piperidine rings is 1.